The van der Waals surface area contributed by atoms with E-state index in [0.717, 1.165) is 31.4 Å². The molecule has 1 fully saturated rings. The molecule has 2 heterocycles. The summed E-state index contributed by atoms with van der Waals surface area (Å²) in [6.45, 7) is 2.43. The van der Waals surface area contributed by atoms with E-state index in [1.165, 1.54) is 29.1 Å². The first-order valence-electron chi connectivity index (χ1n) is 8.97. The van der Waals surface area contributed by atoms with E-state index in [9.17, 15) is 23.1 Å². The molecule has 1 aromatic carbocycles. The van der Waals surface area contributed by atoms with E-state index in [2.05, 4.69) is 5.10 Å². The summed E-state index contributed by atoms with van der Waals surface area (Å²) in [6, 6.07) is 6.28. The van der Waals surface area contributed by atoms with Crippen LogP contribution in [0.3, 0.4) is 0 Å². The Morgan fingerprint density at radius 2 is 2.11 bits per heavy atom. The molecule has 1 saturated heterocycles. The van der Waals surface area contributed by atoms with Gasteiger partial charge in [-0.3, -0.25) is 4.79 Å². The van der Waals surface area contributed by atoms with E-state index < -0.39 is 17.3 Å². The molecule has 0 unspecified atom stereocenters. The predicted octanol–water partition coefficient (Wildman–Crippen LogP) is 3.66. The lowest BCUT2D eigenvalue weighted by molar-refractivity contribution is -0.137. The maximum absolute atomic E-state index is 12.9. The van der Waals surface area contributed by atoms with Crippen LogP contribution >= 0.6 is 0 Å². The van der Waals surface area contributed by atoms with E-state index in [-0.39, 0.29) is 23.9 Å². The predicted molar refractivity (Wildman–Crippen MR) is 93.6 cm³/mol. The molecule has 1 amide bonds. The normalized spacial score (nSPS) is 20.3. The molecule has 1 atom stereocenters. The number of hydrogen-bond donors (Lipinski definition) is 1. The number of aliphatic hydroxyl groups is 1. The molecule has 1 N–H and O–H groups in total. The molecule has 5 nitrogen and oxygen atoms in total. The Morgan fingerprint density at radius 3 is 2.78 bits per heavy atom. The SMILES string of the molecule is CCC[C@]1(CO)CCCN1C(=O)c1ccn(-c2cccc(C(F)(F)F)c2)n1. The van der Waals surface area contributed by atoms with Gasteiger partial charge < -0.3 is 10.0 Å². The highest BCUT2D eigenvalue weighted by Gasteiger charge is 2.43. The van der Waals surface area contributed by atoms with Gasteiger partial charge in [0.15, 0.2) is 5.69 Å². The average molecular weight is 381 g/mol. The summed E-state index contributed by atoms with van der Waals surface area (Å²) in [5, 5.41) is 14.1. The van der Waals surface area contributed by atoms with Gasteiger partial charge in [0.1, 0.15) is 0 Å². The fraction of sp³-hybridized carbons (Fsp3) is 0.474. The highest BCUT2D eigenvalue weighted by atomic mass is 19.4. The van der Waals surface area contributed by atoms with Gasteiger partial charge in [0.05, 0.1) is 23.4 Å². The van der Waals surface area contributed by atoms with Crippen LogP contribution in [0.15, 0.2) is 36.5 Å². The number of rotatable bonds is 5. The van der Waals surface area contributed by atoms with Crippen molar-refractivity contribution in [1.82, 2.24) is 14.7 Å². The zero-order valence-electron chi connectivity index (χ0n) is 15.0. The number of nitrogens with zero attached hydrogens (tertiary/aromatic N) is 3. The van der Waals surface area contributed by atoms with Gasteiger partial charge in [0.25, 0.3) is 5.91 Å². The Labute approximate surface area is 155 Å². The van der Waals surface area contributed by atoms with Crippen LogP contribution in [-0.2, 0) is 6.18 Å². The number of benzene rings is 1. The molecule has 146 valence electrons. The molecule has 1 aliphatic rings. The maximum Gasteiger partial charge on any atom is 0.416 e. The van der Waals surface area contributed by atoms with Crippen molar-refractivity contribution >= 4 is 5.91 Å². The Kier molecular flexibility index (Phi) is 5.28. The van der Waals surface area contributed by atoms with Crippen LogP contribution in [0.2, 0.25) is 0 Å². The fourth-order valence-electron chi connectivity index (χ4n) is 3.77. The van der Waals surface area contributed by atoms with Crippen LogP contribution in [-0.4, -0.2) is 44.4 Å². The molecule has 0 aliphatic carbocycles. The van der Waals surface area contributed by atoms with Crippen molar-refractivity contribution in [1.29, 1.82) is 0 Å². The van der Waals surface area contributed by atoms with Crippen molar-refractivity contribution in [2.24, 2.45) is 0 Å². The second-order valence-corrected chi connectivity index (χ2v) is 6.89. The van der Waals surface area contributed by atoms with Crippen molar-refractivity contribution in [3.8, 4) is 5.69 Å². The van der Waals surface area contributed by atoms with Crippen molar-refractivity contribution in [2.75, 3.05) is 13.2 Å². The molecule has 27 heavy (non-hydrogen) atoms. The second-order valence-electron chi connectivity index (χ2n) is 6.89. The van der Waals surface area contributed by atoms with E-state index in [1.807, 2.05) is 6.92 Å². The van der Waals surface area contributed by atoms with Gasteiger partial charge in [-0.2, -0.15) is 18.3 Å². The average Bonchev–Trinajstić information content (AvgIpc) is 3.29. The van der Waals surface area contributed by atoms with Gasteiger partial charge in [0.2, 0.25) is 0 Å². The smallest absolute Gasteiger partial charge is 0.394 e. The number of aliphatic hydroxyl groups excluding tert-OH is 1. The van der Waals surface area contributed by atoms with Crippen molar-refractivity contribution in [3.63, 3.8) is 0 Å². The minimum absolute atomic E-state index is 0.110. The topological polar surface area (TPSA) is 58.4 Å². The lowest BCUT2D eigenvalue weighted by Crippen LogP contribution is -2.50. The first kappa shape index (κ1) is 19.4. The Bertz CT molecular complexity index is 819. The summed E-state index contributed by atoms with van der Waals surface area (Å²) in [6.07, 6.45) is 0.0993. The first-order chi connectivity index (χ1) is 12.8. The van der Waals surface area contributed by atoms with Gasteiger partial charge in [-0.05, 0) is 43.5 Å². The Balaban J connectivity index is 1.87. The summed E-state index contributed by atoms with van der Waals surface area (Å²) in [4.78, 5) is 14.6. The third-order valence-corrected chi connectivity index (χ3v) is 5.10. The quantitative estimate of drug-likeness (QED) is 0.860. The monoisotopic (exact) mass is 381 g/mol. The number of amides is 1. The van der Waals surface area contributed by atoms with Gasteiger partial charge >= 0.3 is 6.18 Å². The minimum Gasteiger partial charge on any atom is -0.394 e. The zero-order valence-corrected chi connectivity index (χ0v) is 15.0. The number of alkyl halides is 3. The zero-order chi connectivity index (χ0) is 19.7. The number of carbonyl (C=O) groups excluding carboxylic acids is 1. The second kappa shape index (κ2) is 7.34. The minimum atomic E-state index is -4.45. The Hall–Kier alpha value is -2.35. The van der Waals surface area contributed by atoms with Crippen molar-refractivity contribution in [2.45, 2.75) is 44.3 Å². The summed E-state index contributed by atoms with van der Waals surface area (Å²) in [5.74, 6) is -0.305. The summed E-state index contributed by atoms with van der Waals surface area (Å²) in [5.41, 5.74) is -0.966. The maximum atomic E-state index is 12.9. The van der Waals surface area contributed by atoms with E-state index in [0.29, 0.717) is 13.0 Å². The van der Waals surface area contributed by atoms with Gasteiger partial charge in [-0.15, -0.1) is 0 Å². The summed E-state index contributed by atoms with van der Waals surface area (Å²) in [7, 11) is 0. The molecular weight excluding hydrogens is 359 g/mol. The van der Waals surface area contributed by atoms with Gasteiger partial charge in [-0.1, -0.05) is 19.4 Å². The molecule has 2 aromatic rings. The van der Waals surface area contributed by atoms with Crippen LogP contribution < -0.4 is 0 Å². The van der Waals surface area contributed by atoms with E-state index in [1.54, 1.807) is 4.90 Å². The lowest BCUT2D eigenvalue weighted by Gasteiger charge is -2.36. The number of likely N-dealkylation sites (tertiary alicyclic amines) is 1. The highest BCUT2D eigenvalue weighted by molar-refractivity contribution is 5.93. The molecule has 1 aromatic heterocycles. The van der Waals surface area contributed by atoms with Gasteiger partial charge in [0, 0.05) is 12.7 Å². The molecule has 0 saturated carbocycles. The largest absolute Gasteiger partial charge is 0.416 e. The Morgan fingerprint density at radius 1 is 1.33 bits per heavy atom. The van der Waals surface area contributed by atoms with Crippen LogP contribution in [0.1, 0.15) is 48.7 Å². The molecular formula is C19H22F3N3O2. The standard InChI is InChI=1S/C19H22F3N3O2/c1-2-8-18(13-26)9-4-10-24(18)17(27)16-7-11-25(23-16)15-6-3-5-14(12-15)19(20,21)22/h3,5-7,11-12,26H,2,4,8-10,13H2,1H3/t18-/m1/s1. The molecule has 0 spiro atoms. The van der Waals surface area contributed by atoms with Gasteiger partial charge in [-0.25, -0.2) is 4.68 Å². The number of hydrogen-bond acceptors (Lipinski definition) is 3. The molecule has 0 radical (unpaired) electrons. The molecule has 3 rings (SSSR count). The van der Waals surface area contributed by atoms with Crippen LogP contribution in [0, 0.1) is 0 Å². The molecule has 8 heteroatoms. The number of halogens is 3. The molecule has 0 bridgehead atoms. The van der Waals surface area contributed by atoms with Crippen LogP contribution in [0.5, 0.6) is 0 Å². The van der Waals surface area contributed by atoms with Crippen LogP contribution in [0.25, 0.3) is 5.69 Å². The number of carbonyl (C=O) groups is 1. The summed E-state index contributed by atoms with van der Waals surface area (Å²) < 4.78 is 40.0. The van der Waals surface area contributed by atoms with Crippen molar-refractivity contribution in [3.05, 3.63) is 47.8 Å². The van der Waals surface area contributed by atoms with E-state index in [4.69, 9.17) is 0 Å². The summed E-state index contributed by atoms with van der Waals surface area (Å²) >= 11 is 0. The molecule has 1 aliphatic heterocycles. The first-order valence-corrected chi connectivity index (χ1v) is 8.97. The highest BCUT2D eigenvalue weighted by Crippen LogP contribution is 2.34. The third kappa shape index (κ3) is 3.71. The van der Waals surface area contributed by atoms with E-state index >= 15 is 0 Å². The van der Waals surface area contributed by atoms with Crippen molar-refractivity contribution < 1.29 is 23.1 Å². The number of aromatic nitrogens is 2. The lowest BCUT2D eigenvalue weighted by atomic mass is 9.91. The third-order valence-electron chi connectivity index (χ3n) is 5.10. The van der Waals surface area contributed by atoms with Crippen LogP contribution in [0.4, 0.5) is 13.2 Å². The fourth-order valence-corrected chi connectivity index (χ4v) is 3.77.